The van der Waals surface area contributed by atoms with Crippen molar-refractivity contribution in [1.29, 1.82) is 0 Å². The molecule has 1 aromatic heterocycles. The normalized spacial score (nSPS) is 15.2. The first kappa shape index (κ1) is 13.8. The molecule has 2 rings (SSSR count). The molecule has 5 heteroatoms. The van der Waals surface area contributed by atoms with Crippen molar-refractivity contribution in [2.24, 2.45) is 0 Å². The Labute approximate surface area is 113 Å². The summed E-state index contributed by atoms with van der Waals surface area (Å²) in [6.07, 6.45) is 1.99. The molecule has 1 heterocycles. The Kier molecular flexibility index (Phi) is 3.73. The molecule has 1 saturated carbocycles. The van der Waals surface area contributed by atoms with E-state index in [9.17, 15) is 4.79 Å². The number of alkyl carbamates (subject to hydrolysis) is 1. The fourth-order valence-electron chi connectivity index (χ4n) is 1.81. The van der Waals surface area contributed by atoms with E-state index in [1.54, 1.807) is 0 Å². The van der Waals surface area contributed by atoms with Crippen LogP contribution in [0.15, 0.2) is 6.07 Å². The average Bonchev–Trinajstić information content (AvgIpc) is 3.07. The minimum Gasteiger partial charge on any atom is -0.444 e. The smallest absolute Gasteiger partial charge is 0.407 e. The number of amides is 1. The van der Waals surface area contributed by atoms with Gasteiger partial charge in [-0.25, -0.2) is 14.8 Å². The lowest BCUT2D eigenvalue weighted by atomic mass is 10.2. The van der Waals surface area contributed by atoms with Crippen molar-refractivity contribution >= 4 is 6.09 Å². The van der Waals surface area contributed by atoms with Crippen LogP contribution in [0.5, 0.6) is 0 Å². The number of carbonyl (C=O) groups excluding carboxylic acids is 1. The molecule has 0 bridgehead atoms. The first-order chi connectivity index (χ1) is 8.83. The summed E-state index contributed by atoms with van der Waals surface area (Å²) in [5.41, 5.74) is 1.44. The van der Waals surface area contributed by atoms with Crippen LogP contribution in [0.1, 0.15) is 56.7 Å². The van der Waals surface area contributed by atoms with Crippen molar-refractivity contribution in [1.82, 2.24) is 15.3 Å². The van der Waals surface area contributed by atoms with Crippen LogP contribution in [0.2, 0.25) is 0 Å². The van der Waals surface area contributed by atoms with Gasteiger partial charge in [-0.3, -0.25) is 0 Å². The maximum absolute atomic E-state index is 11.6. The average molecular weight is 263 g/mol. The maximum Gasteiger partial charge on any atom is 0.407 e. The molecule has 5 nitrogen and oxygen atoms in total. The van der Waals surface area contributed by atoms with Gasteiger partial charge < -0.3 is 10.1 Å². The Morgan fingerprint density at radius 1 is 1.42 bits per heavy atom. The summed E-state index contributed by atoms with van der Waals surface area (Å²) in [6, 6.07) is 1.97. The Morgan fingerprint density at radius 3 is 2.68 bits per heavy atom. The van der Waals surface area contributed by atoms with Crippen LogP contribution in [-0.4, -0.2) is 21.7 Å². The standard InChI is InChI=1S/C14H21N3O2/c1-9-16-11(7-12(17-9)10-5-6-10)8-15-13(18)19-14(2,3)4/h7,10H,5-6,8H2,1-4H3,(H,15,18). The molecule has 104 valence electrons. The van der Waals surface area contributed by atoms with E-state index in [4.69, 9.17) is 4.74 Å². The molecular formula is C14H21N3O2. The third-order valence-electron chi connectivity index (χ3n) is 2.72. The summed E-state index contributed by atoms with van der Waals surface area (Å²) < 4.78 is 5.19. The van der Waals surface area contributed by atoms with Gasteiger partial charge in [-0.15, -0.1) is 0 Å². The van der Waals surface area contributed by atoms with Gasteiger partial charge >= 0.3 is 6.09 Å². The van der Waals surface area contributed by atoms with Crippen LogP contribution in [0.4, 0.5) is 4.79 Å². The summed E-state index contributed by atoms with van der Waals surface area (Å²) in [7, 11) is 0. The van der Waals surface area contributed by atoms with E-state index in [1.807, 2.05) is 33.8 Å². The minimum atomic E-state index is -0.481. The second-order valence-corrected chi connectivity index (χ2v) is 5.96. The van der Waals surface area contributed by atoms with E-state index in [-0.39, 0.29) is 0 Å². The number of nitrogens with one attached hydrogen (secondary N) is 1. The number of aryl methyl sites for hydroxylation is 1. The van der Waals surface area contributed by atoms with Crippen molar-refractivity contribution in [3.05, 3.63) is 23.3 Å². The molecule has 1 aliphatic rings. The van der Waals surface area contributed by atoms with E-state index in [2.05, 4.69) is 15.3 Å². The molecule has 0 spiro atoms. The summed E-state index contributed by atoms with van der Waals surface area (Å²) in [5, 5.41) is 2.72. The van der Waals surface area contributed by atoms with Crippen LogP contribution < -0.4 is 5.32 Å². The Bertz CT molecular complexity index is 476. The summed E-state index contributed by atoms with van der Waals surface area (Å²) >= 11 is 0. The molecule has 0 aliphatic heterocycles. The second kappa shape index (κ2) is 5.15. The molecule has 1 amide bonds. The number of aromatic nitrogens is 2. The van der Waals surface area contributed by atoms with Crippen molar-refractivity contribution in [3.63, 3.8) is 0 Å². The Balaban J connectivity index is 1.94. The van der Waals surface area contributed by atoms with E-state index in [0.717, 1.165) is 17.2 Å². The van der Waals surface area contributed by atoms with Gasteiger partial charge in [0, 0.05) is 11.6 Å². The Hall–Kier alpha value is -1.65. The Morgan fingerprint density at radius 2 is 2.11 bits per heavy atom. The SMILES string of the molecule is Cc1nc(CNC(=O)OC(C)(C)C)cc(C2CC2)n1. The van der Waals surface area contributed by atoms with Crippen LogP contribution in [0.25, 0.3) is 0 Å². The third-order valence-corrected chi connectivity index (χ3v) is 2.72. The first-order valence-corrected chi connectivity index (χ1v) is 6.65. The largest absolute Gasteiger partial charge is 0.444 e. The lowest BCUT2D eigenvalue weighted by Gasteiger charge is -2.19. The number of nitrogens with zero attached hydrogens (tertiary/aromatic N) is 2. The molecule has 1 aliphatic carbocycles. The highest BCUT2D eigenvalue weighted by Crippen LogP contribution is 2.39. The highest BCUT2D eigenvalue weighted by Gasteiger charge is 2.25. The quantitative estimate of drug-likeness (QED) is 0.910. The zero-order valence-electron chi connectivity index (χ0n) is 12.0. The van der Waals surface area contributed by atoms with E-state index < -0.39 is 11.7 Å². The fourth-order valence-corrected chi connectivity index (χ4v) is 1.81. The number of ether oxygens (including phenoxy) is 1. The molecule has 1 fully saturated rings. The number of hydrogen-bond acceptors (Lipinski definition) is 4. The van der Waals surface area contributed by atoms with Crippen LogP contribution in [0.3, 0.4) is 0 Å². The van der Waals surface area contributed by atoms with E-state index >= 15 is 0 Å². The molecule has 1 aromatic rings. The fraction of sp³-hybridized carbons (Fsp3) is 0.643. The highest BCUT2D eigenvalue weighted by atomic mass is 16.6. The zero-order chi connectivity index (χ0) is 14.0. The molecule has 0 atom stereocenters. The summed E-state index contributed by atoms with van der Waals surface area (Å²) in [6.45, 7) is 7.77. The van der Waals surface area contributed by atoms with Gasteiger partial charge in [0.25, 0.3) is 0 Å². The highest BCUT2D eigenvalue weighted by molar-refractivity contribution is 5.67. The predicted octanol–water partition coefficient (Wildman–Crippen LogP) is 2.69. The monoisotopic (exact) mass is 263 g/mol. The summed E-state index contributed by atoms with van der Waals surface area (Å²) in [5.74, 6) is 1.34. The van der Waals surface area contributed by atoms with Gasteiger partial charge in [-0.05, 0) is 46.6 Å². The topological polar surface area (TPSA) is 64.1 Å². The zero-order valence-corrected chi connectivity index (χ0v) is 12.0. The predicted molar refractivity (Wildman–Crippen MR) is 71.8 cm³/mol. The van der Waals surface area contributed by atoms with E-state index in [0.29, 0.717) is 12.5 Å². The van der Waals surface area contributed by atoms with Crippen LogP contribution in [-0.2, 0) is 11.3 Å². The number of hydrogen-bond donors (Lipinski definition) is 1. The van der Waals surface area contributed by atoms with Gasteiger partial charge in [-0.2, -0.15) is 0 Å². The first-order valence-electron chi connectivity index (χ1n) is 6.65. The second-order valence-electron chi connectivity index (χ2n) is 5.96. The number of carbonyl (C=O) groups is 1. The van der Waals surface area contributed by atoms with Gasteiger partial charge in [0.2, 0.25) is 0 Å². The van der Waals surface area contributed by atoms with Crippen LogP contribution in [0, 0.1) is 6.92 Å². The van der Waals surface area contributed by atoms with Gasteiger partial charge in [0.15, 0.2) is 0 Å². The van der Waals surface area contributed by atoms with Crippen molar-refractivity contribution in [3.8, 4) is 0 Å². The summed E-state index contributed by atoms with van der Waals surface area (Å²) in [4.78, 5) is 20.3. The lowest BCUT2D eigenvalue weighted by molar-refractivity contribution is 0.0523. The third kappa shape index (κ3) is 4.50. The van der Waals surface area contributed by atoms with Crippen molar-refractivity contribution < 1.29 is 9.53 Å². The maximum atomic E-state index is 11.6. The van der Waals surface area contributed by atoms with Gasteiger partial charge in [0.05, 0.1) is 12.2 Å². The molecule has 0 radical (unpaired) electrons. The minimum absolute atomic E-state index is 0.373. The molecule has 0 saturated heterocycles. The molecule has 19 heavy (non-hydrogen) atoms. The van der Waals surface area contributed by atoms with Crippen LogP contribution >= 0.6 is 0 Å². The van der Waals surface area contributed by atoms with Gasteiger partial charge in [0.1, 0.15) is 11.4 Å². The molecular weight excluding hydrogens is 242 g/mol. The number of rotatable bonds is 3. The molecule has 0 aromatic carbocycles. The van der Waals surface area contributed by atoms with E-state index in [1.165, 1.54) is 12.8 Å². The lowest BCUT2D eigenvalue weighted by Crippen LogP contribution is -2.32. The van der Waals surface area contributed by atoms with Crippen molar-refractivity contribution in [2.75, 3.05) is 0 Å². The van der Waals surface area contributed by atoms with Gasteiger partial charge in [-0.1, -0.05) is 0 Å². The van der Waals surface area contributed by atoms with Crippen molar-refractivity contribution in [2.45, 2.75) is 58.6 Å². The molecule has 0 unspecified atom stereocenters. The molecule has 1 N–H and O–H groups in total.